The normalized spacial score (nSPS) is 10.1. The zero-order valence-corrected chi connectivity index (χ0v) is 11.5. The van der Waals surface area contributed by atoms with Crippen LogP contribution in [0.1, 0.15) is 25.5 Å². The molecular weight excluding hydrogens is 272 g/mol. The van der Waals surface area contributed by atoms with E-state index < -0.39 is 4.92 Å². The number of oxazole rings is 1. The molecule has 2 aromatic rings. The van der Waals surface area contributed by atoms with Crippen LogP contribution in [0.5, 0.6) is 0 Å². The van der Waals surface area contributed by atoms with E-state index in [1.54, 1.807) is 18.2 Å². The van der Waals surface area contributed by atoms with Crippen LogP contribution in [0.15, 0.2) is 28.7 Å². The lowest BCUT2D eigenvalue weighted by Crippen LogP contribution is -2.00. The highest BCUT2D eigenvalue weighted by Crippen LogP contribution is 2.31. The Morgan fingerprint density at radius 2 is 2.24 bits per heavy atom. The average Bonchev–Trinajstić information content (AvgIpc) is 2.90. The Labute approximate surface area is 121 Å². The number of para-hydroxylation sites is 1. The van der Waals surface area contributed by atoms with Crippen LogP contribution in [-0.2, 0) is 0 Å². The maximum absolute atomic E-state index is 11.0. The van der Waals surface area contributed by atoms with Crippen molar-refractivity contribution in [2.75, 3.05) is 11.9 Å². The molecule has 0 unspecified atom stereocenters. The van der Waals surface area contributed by atoms with Gasteiger partial charge in [0.1, 0.15) is 11.6 Å². The molecule has 0 saturated heterocycles. The molecule has 1 heterocycles. The van der Waals surface area contributed by atoms with Gasteiger partial charge in [-0.05, 0) is 12.5 Å². The Morgan fingerprint density at radius 3 is 2.90 bits per heavy atom. The zero-order valence-electron chi connectivity index (χ0n) is 11.5. The van der Waals surface area contributed by atoms with Gasteiger partial charge in [-0.15, -0.1) is 0 Å². The minimum absolute atomic E-state index is 0.0675. The largest absolute Gasteiger partial charge is 0.419 e. The Bertz CT molecular complexity index is 688. The second kappa shape index (κ2) is 6.52. The molecule has 1 N–H and O–H groups in total. The van der Waals surface area contributed by atoms with Crippen LogP contribution in [0, 0.1) is 21.4 Å². The molecule has 7 heteroatoms. The summed E-state index contributed by atoms with van der Waals surface area (Å²) in [7, 11) is 0. The fourth-order valence-corrected chi connectivity index (χ4v) is 1.82. The fraction of sp³-hybridized carbons (Fsp3) is 0.286. The number of nitriles is 1. The lowest BCUT2D eigenvalue weighted by Gasteiger charge is -2.00. The number of nitrogens with one attached hydrogen (secondary N) is 1. The van der Waals surface area contributed by atoms with Crippen LogP contribution in [0.2, 0.25) is 0 Å². The van der Waals surface area contributed by atoms with Crippen LogP contribution in [0.25, 0.3) is 11.5 Å². The summed E-state index contributed by atoms with van der Waals surface area (Å²) in [6.07, 6.45) is 1.92. The Kier molecular flexibility index (Phi) is 4.51. The minimum atomic E-state index is -0.504. The Balaban J connectivity index is 2.38. The predicted molar refractivity (Wildman–Crippen MR) is 76.7 cm³/mol. The Morgan fingerprint density at radius 1 is 1.48 bits per heavy atom. The van der Waals surface area contributed by atoms with Crippen LogP contribution < -0.4 is 5.32 Å². The van der Waals surface area contributed by atoms with E-state index in [1.807, 2.05) is 13.0 Å². The third-order valence-corrected chi connectivity index (χ3v) is 2.88. The molecule has 21 heavy (non-hydrogen) atoms. The van der Waals surface area contributed by atoms with Crippen LogP contribution in [0.3, 0.4) is 0 Å². The molecule has 0 aliphatic rings. The second-order valence-corrected chi connectivity index (χ2v) is 4.36. The number of hydrogen-bond donors (Lipinski definition) is 1. The molecule has 108 valence electrons. The summed E-state index contributed by atoms with van der Waals surface area (Å²) in [5.74, 6) is 0.317. The van der Waals surface area contributed by atoms with E-state index in [2.05, 4.69) is 10.3 Å². The Hall–Kier alpha value is -2.88. The van der Waals surface area contributed by atoms with Crippen molar-refractivity contribution in [3.8, 4) is 17.5 Å². The quantitative estimate of drug-likeness (QED) is 0.496. The number of hydrogen-bond acceptors (Lipinski definition) is 6. The molecule has 0 fully saturated rings. The standard InChI is InChI=1S/C14H14N4O3/c1-2-3-8-16-14-11(9-15)17-13(21-14)10-6-4-5-7-12(10)18(19)20/h4-7,16H,2-3,8H2,1H3. The van der Waals surface area contributed by atoms with Crippen molar-refractivity contribution >= 4 is 11.6 Å². The molecule has 0 radical (unpaired) electrons. The summed E-state index contributed by atoms with van der Waals surface area (Å²) < 4.78 is 5.48. The topological polar surface area (TPSA) is 105 Å². The number of nitro benzene ring substituents is 1. The minimum Gasteiger partial charge on any atom is -0.419 e. The van der Waals surface area contributed by atoms with Gasteiger partial charge in [-0.1, -0.05) is 25.5 Å². The van der Waals surface area contributed by atoms with Gasteiger partial charge in [0.15, 0.2) is 0 Å². The van der Waals surface area contributed by atoms with E-state index in [1.165, 1.54) is 6.07 Å². The molecule has 1 aromatic carbocycles. The van der Waals surface area contributed by atoms with E-state index in [0.717, 1.165) is 12.8 Å². The van der Waals surface area contributed by atoms with Crippen LogP contribution in [-0.4, -0.2) is 16.5 Å². The van der Waals surface area contributed by atoms with E-state index in [0.29, 0.717) is 6.54 Å². The summed E-state index contributed by atoms with van der Waals surface area (Å²) >= 11 is 0. The molecule has 2 rings (SSSR count). The van der Waals surface area contributed by atoms with E-state index in [4.69, 9.17) is 9.68 Å². The highest BCUT2D eigenvalue weighted by molar-refractivity contribution is 5.68. The van der Waals surface area contributed by atoms with Gasteiger partial charge in [0.05, 0.1) is 4.92 Å². The van der Waals surface area contributed by atoms with Crippen molar-refractivity contribution in [2.24, 2.45) is 0 Å². The third kappa shape index (κ3) is 3.17. The van der Waals surface area contributed by atoms with Crippen molar-refractivity contribution in [3.63, 3.8) is 0 Å². The number of rotatable bonds is 6. The SMILES string of the molecule is CCCCNc1oc(-c2ccccc2[N+](=O)[O-])nc1C#N. The first kappa shape index (κ1) is 14.5. The molecule has 0 aliphatic heterocycles. The van der Waals surface area contributed by atoms with Crippen molar-refractivity contribution in [2.45, 2.75) is 19.8 Å². The summed E-state index contributed by atoms with van der Waals surface area (Å²) in [4.78, 5) is 14.5. The molecule has 0 spiro atoms. The summed E-state index contributed by atoms with van der Waals surface area (Å²) in [5, 5.41) is 23.1. The van der Waals surface area contributed by atoms with Crippen molar-refractivity contribution < 1.29 is 9.34 Å². The van der Waals surface area contributed by atoms with Crippen molar-refractivity contribution in [1.29, 1.82) is 5.26 Å². The number of aromatic nitrogens is 1. The average molecular weight is 286 g/mol. The van der Waals surface area contributed by atoms with E-state index in [9.17, 15) is 10.1 Å². The summed E-state index contributed by atoms with van der Waals surface area (Å²) in [6, 6.07) is 8.06. The first-order valence-electron chi connectivity index (χ1n) is 6.56. The summed E-state index contributed by atoms with van der Waals surface area (Å²) in [5.41, 5.74) is 0.241. The number of nitro groups is 1. The predicted octanol–water partition coefficient (Wildman–Crippen LogP) is 3.33. The van der Waals surface area contributed by atoms with Gasteiger partial charge in [-0.3, -0.25) is 10.1 Å². The van der Waals surface area contributed by atoms with Crippen molar-refractivity contribution in [1.82, 2.24) is 4.98 Å². The van der Waals surface area contributed by atoms with E-state index in [-0.39, 0.29) is 28.7 Å². The van der Waals surface area contributed by atoms with Gasteiger partial charge in [-0.2, -0.15) is 10.2 Å². The molecule has 0 amide bonds. The molecule has 0 bridgehead atoms. The molecule has 0 atom stereocenters. The first-order valence-corrected chi connectivity index (χ1v) is 6.56. The summed E-state index contributed by atoms with van der Waals surface area (Å²) in [6.45, 7) is 2.70. The monoisotopic (exact) mass is 286 g/mol. The van der Waals surface area contributed by atoms with Gasteiger partial charge in [0.25, 0.3) is 5.69 Å². The van der Waals surface area contributed by atoms with E-state index >= 15 is 0 Å². The first-order chi connectivity index (χ1) is 10.2. The molecule has 7 nitrogen and oxygen atoms in total. The second-order valence-electron chi connectivity index (χ2n) is 4.36. The zero-order chi connectivity index (χ0) is 15.2. The molecule has 0 saturated carbocycles. The van der Waals surface area contributed by atoms with Crippen LogP contribution in [0.4, 0.5) is 11.6 Å². The number of unbranched alkanes of at least 4 members (excludes halogenated alkanes) is 1. The van der Waals surface area contributed by atoms with Gasteiger partial charge in [-0.25, -0.2) is 0 Å². The lowest BCUT2D eigenvalue weighted by molar-refractivity contribution is -0.384. The highest BCUT2D eigenvalue weighted by atomic mass is 16.6. The van der Waals surface area contributed by atoms with Gasteiger partial charge < -0.3 is 9.73 Å². The van der Waals surface area contributed by atoms with Gasteiger partial charge in [0.2, 0.25) is 17.5 Å². The van der Waals surface area contributed by atoms with Crippen molar-refractivity contribution in [3.05, 3.63) is 40.1 Å². The maximum atomic E-state index is 11.0. The molecule has 1 aromatic heterocycles. The highest BCUT2D eigenvalue weighted by Gasteiger charge is 2.21. The number of anilines is 1. The molecule has 0 aliphatic carbocycles. The number of benzene rings is 1. The fourth-order valence-electron chi connectivity index (χ4n) is 1.82. The van der Waals surface area contributed by atoms with Gasteiger partial charge in [0, 0.05) is 12.6 Å². The maximum Gasteiger partial charge on any atom is 0.282 e. The van der Waals surface area contributed by atoms with Crippen LogP contribution >= 0.6 is 0 Å². The number of nitrogens with zero attached hydrogens (tertiary/aromatic N) is 3. The third-order valence-electron chi connectivity index (χ3n) is 2.88. The smallest absolute Gasteiger partial charge is 0.282 e. The van der Waals surface area contributed by atoms with Gasteiger partial charge >= 0.3 is 0 Å². The molecular formula is C14H14N4O3. The lowest BCUT2D eigenvalue weighted by atomic mass is 10.2.